The van der Waals surface area contributed by atoms with Crippen molar-refractivity contribution >= 4 is 39.8 Å². The molecule has 0 bridgehead atoms. The van der Waals surface area contributed by atoms with Gasteiger partial charge in [0.1, 0.15) is 5.75 Å². The van der Waals surface area contributed by atoms with Crippen molar-refractivity contribution < 1.29 is 32.0 Å². The number of carbonyl (C=O) groups is 2. The molecule has 1 aromatic carbocycles. The Kier molecular flexibility index (Phi) is 8.41. The molecule has 0 radical (unpaired) electrons. The summed E-state index contributed by atoms with van der Waals surface area (Å²) in [6, 6.07) is 5.18. The Morgan fingerprint density at radius 1 is 1.36 bits per heavy atom. The quantitative estimate of drug-likeness (QED) is 0.314. The van der Waals surface area contributed by atoms with Crippen molar-refractivity contribution in [3.05, 3.63) is 29.3 Å². The number of benzene rings is 1. The molecular weight excluding hydrogens is 392 g/mol. The summed E-state index contributed by atoms with van der Waals surface area (Å²) in [5.74, 6) is -0.336. The van der Waals surface area contributed by atoms with Gasteiger partial charge in [-0.1, -0.05) is 12.1 Å². The van der Waals surface area contributed by atoms with Gasteiger partial charge in [-0.05, 0) is 19.1 Å². The minimum atomic E-state index is -3.67. The second kappa shape index (κ2) is 10.3. The van der Waals surface area contributed by atoms with Crippen molar-refractivity contribution in [2.45, 2.75) is 13.3 Å². The number of amides is 2. The van der Waals surface area contributed by atoms with Gasteiger partial charge >= 0.3 is 6.09 Å². The number of carbonyl (C=O) groups excluding carboxylic acids is 2. The van der Waals surface area contributed by atoms with E-state index in [-0.39, 0.29) is 19.2 Å². The van der Waals surface area contributed by atoms with Crippen molar-refractivity contribution in [2.24, 2.45) is 16.5 Å². The zero-order chi connectivity index (χ0) is 21.3. The first-order chi connectivity index (χ1) is 13.0. The van der Waals surface area contributed by atoms with Crippen LogP contribution in [0.5, 0.6) is 5.75 Å². The van der Waals surface area contributed by atoms with E-state index in [2.05, 4.69) is 10.3 Å². The standard InChI is InChI=1S/C15H18N4O4.CH4O3S/c1-2-22-15(21)18-11-5-3-4-9-8-10(6-7-23-12(9)11)13(20)19-14(16)17;1-5(2,3)4/h3-5,8H,2,6-7H2,1H3,(H,18,21)(H4,16,17,19,20);1H3,(H,2,3,4). The molecule has 1 heterocycles. The molecule has 1 aliphatic rings. The van der Waals surface area contributed by atoms with Gasteiger partial charge in [0.05, 0.1) is 25.2 Å². The highest BCUT2D eigenvalue weighted by molar-refractivity contribution is 7.85. The van der Waals surface area contributed by atoms with E-state index in [0.717, 1.165) is 0 Å². The van der Waals surface area contributed by atoms with Crippen LogP contribution in [0, 0.1) is 0 Å². The van der Waals surface area contributed by atoms with Gasteiger partial charge in [-0.3, -0.25) is 14.7 Å². The van der Waals surface area contributed by atoms with Crippen LogP contribution in [0.15, 0.2) is 28.8 Å². The number of rotatable bonds is 3. The first-order valence-corrected chi connectivity index (χ1v) is 9.82. The molecule has 0 saturated heterocycles. The predicted molar refractivity (Wildman–Crippen MR) is 103 cm³/mol. The summed E-state index contributed by atoms with van der Waals surface area (Å²) in [7, 11) is -3.67. The van der Waals surface area contributed by atoms with Gasteiger partial charge in [0.25, 0.3) is 16.0 Å². The van der Waals surface area contributed by atoms with Crippen LogP contribution in [0.3, 0.4) is 0 Å². The Bertz CT molecular complexity index is 882. The Labute approximate surface area is 162 Å². The monoisotopic (exact) mass is 414 g/mol. The smallest absolute Gasteiger partial charge is 0.411 e. The fourth-order valence-electron chi connectivity index (χ4n) is 2.09. The van der Waals surface area contributed by atoms with Gasteiger partial charge in [0, 0.05) is 17.6 Å². The predicted octanol–water partition coefficient (Wildman–Crippen LogP) is 0.725. The summed E-state index contributed by atoms with van der Waals surface area (Å²) in [6.45, 7) is 2.23. The molecule has 1 aromatic rings. The molecule has 11 nitrogen and oxygen atoms in total. The number of ether oxygens (including phenoxy) is 2. The van der Waals surface area contributed by atoms with Crippen molar-refractivity contribution in [3.8, 4) is 5.75 Å². The minimum absolute atomic E-state index is 0.256. The van der Waals surface area contributed by atoms with E-state index in [4.69, 9.17) is 25.5 Å². The normalized spacial score (nSPS) is 12.6. The number of nitrogens with one attached hydrogen (secondary N) is 1. The van der Waals surface area contributed by atoms with E-state index < -0.39 is 22.1 Å². The topological polar surface area (TPSA) is 183 Å². The Morgan fingerprint density at radius 3 is 2.57 bits per heavy atom. The summed E-state index contributed by atoms with van der Waals surface area (Å²) in [4.78, 5) is 27.1. The highest BCUT2D eigenvalue weighted by Gasteiger charge is 2.18. The Hall–Kier alpha value is -3.12. The Morgan fingerprint density at radius 2 is 2.00 bits per heavy atom. The summed E-state index contributed by atoms with van der Waals surface area (Å²) in [5.41, 5.74) is 12.0. The lowest BCUT2D eigenvalue weighted by Gasteiger charge is -2.13. The van der Waals surface area contributed by atoms with Gasteiger partial charge < -0.3 is 20.9 Å². The number of nitrogens with zero attached hydrogens (tertiary/aromatic N) is 1. The number of guanidine groups is 1. The van der Waals surface area contributed by atoms with Gasteiger partial charge in [-0.15, -0.1) is 0 Å². The molecule has 0 atom stereocenters. The van der Waals surface area contributed by atoms with Gasteiger partial charge in [0.15, 0.2) is 5.96 Å². The van der Waals surface area contributed by atoms with E-state index >= 15 is 0 Å². The molecule has 6 N–H and O–H groups in total. The lowest BCUT2D eigenvalue weighted by Crippen LogP contribution is -2.24. The maximum atomic E-state index is 12.0. The highest BCUT2D eigenvalue weighted by Crippen LogP contribution is 2.33. The molecule has 0 spiro atoms. The zero-order valence-corrected chi connectivity index (χ0v) is 16.2. The first kappa shape index (κ1) is 22.9. The fourth-order valence-corrected chi connectivity index (χ4v) is 2.09. The van der Waals surface area contributed by atoms with Crippen molar-refractivity contribution in [1.29, 1.82) is 0 Å². The average molecular weight is 414 g/mol. The SMILES string of the molecule is CCOC(=O)Nc1cccc2c1OCCC(C(=O)N=C(N)N)=C2.CS(=O)(=O)O. The van der Waals surface area contributed by atoms with Gasteiger partial charge in [-0.25, -0.2) is 4.79 Å². The molecule has 154 valence electrons. The van der Waals surface area contributed by atoms with Crippen LogP contribution in [-0.4, -0.2) is 50.4 Å². The first-order valence-electron chi connectivity index (χ1n) is 7.97. The van der Waals surface area contributed by atoms with Crippen LogP contribution in [-0.2, 0) is 19.6 Å². The molecule has 28 heavy (non-hydrogen) atoms. The summed E-state index contributed by atoms with van der Waals surface area (Å²) in [6.07, 6.45) is 2.14. The number of fused-ring (bicyclic) bond motifs is 1. The minimum Gasteiger partial charge on any atom is -0.490 e. The largest absolute Gasteiger partial charge is 0.490 e. The zero-order valence-electron chi connectivity index (χ0n) is 15.3. The summed E-state index contributed by atoms with van der Waals surface area (Å²) in [5, 5.41) is 2.61. The van der Waals surface area contributed by atoms with Crippen LogP contribution >= 0.6 is 0 Å². The van der Waals surface area contributed by atoms with Crippen molar-refractivity contribution in [3.63, 3.8) is 0 Å². The number of hydrogen-bond acceptors (Lipinski definition) is 6. The number of nitrogens with two attached hydrogens (primary N) is 2. The summed E-state index contributed by atoms with van der Waals surface area (Å²) >= 11 is 0. The maximum Gasteiger partial charge on any atom is 0.411 e. The molecule has 12 heteroatoms. The lowest BCUT2D eigenvalue weighted by molar-refractivity contribution is -0.114. The number of hydrogen-bond donors (Lipinski definition) is 4. The molecule has 0 aliphatic carbocycles. The van der Waals surface area contributed by atoms with E-state index in [9.17, 15) is 18.0 Å². The van der Waals surface area contributed by atoms with Crippen molar-refractivity contribution in [2.75, 3.05) is 24.8 Å². The molecule has 0 aromatic heterocycles. The van der Waals surface area contributed by atoms with Crippen LogP contribution < -0.4 is 21.5 Å². The van der Waals surface area contributed by atoms with Crippen LogP contribution in [0.1, 0.15) is 18.9 Å². The van der Waals surface area contributed by atoms with Crippen LogP contribution in [0.4, 0.5) is 10.5 Å². The van der Waals surface area contributed by atoms with E-state index in [1.807, 2.05) is 0 Å². The van der Waals surface area contributed by atoms with Gasteiger partial charge in [0.2, 0.25) is 0 Å². The van der Waals surface area contributed by atoms with Crippen LogP contribution in [0.25, 0.3) is 6.08 Å². The highest BCUT2D eigenvalue weighted by atomic mass is 32.2. The molecular formula is C16H22N4O7S. The molecule has 1 aliphatic heterocycles. The maximum absolute atomic E-state index is 12.0. The molecule has 0 fully saturated rings. The second-order valence-corrected chi connectivity index (χ2v) is 6.88. The molecule has 0 saturated carbocycles. The van der Waals surface area contributed by atoms with E-state index in [1.165, 1.54) is 0 Å². The lowest BCUT2D eigenvalue weighted by atomic mass is 10.1. The Balaban J connectivity index is 0.000000696. The van der Waals surface area contributed by atoms with E-state index in [1.54, 1.807) is 31.2 Å². The third-order valence-corrected chi connectivity index (χ3v) is 3.01. The van der Waals surface area contributed by atoms with Gasteiger partial charge in [-0.2, -0.15) is 13.4 Å². The third kappa shape index (κ3) is 8.51. The van der Waals surface area contributed by atoms with Crippen LogP contribution in [0.2, 0.25) is 0 Å². The second-order valence-electron chi connectivity index (χ2n) is 5.41. The number of anilines is 1. The van der Waals surface area contributed by atoms with E-state index in [0.29, 0.717) is 35.3 Å². The summed E-state index contributed by atoms with van der Waals surface area (Å²) < 4.78 is 36.4. The third-order valence-electron chi connectivity index (χ3n) is 3.01. The molecule has 2 amide bonds. The average Bonchev–Trinajstić information content (AvgIpc) is 2.76. The molecule has 2 rings (SSSR count). The fraction of sp³-hybridized carbons (Fsp3) is 0.312. The number of aliphatic imine (C=N–C) groups is 1. The number of para-hydroxylation sites is 1. The molecule has 0 unspecified atom stereocenters. The van der Waals surface area contributed by atoms with Crippen molar-refractivity contribution in [1.82, 2.24) is 0 Å².